The van der Waals surface area contributed by atoms with Crippen molar-refractivity contribution in [3.05, 3.63) is 22.5 Å². The van der Waals surface area contributed by atoms with Gasteiger partial charge < -0.3 is 14.6 Å². The van der Waals surface area contributed by atoms with E-state index < -0.39 is 5.97 Å². The van der Waals surface area contributed by atoms with E-state index in [2.05, 4.69) is 9.88 Å². The van der Waals surface area contributed by atoms with Crippen LogP contribution in [0, 0.1) is 19.8 Å². The minimum absolute atomic E-state index is 0.0323. The molecule has 0 unspecified atom stereocenters. The highest BCUT2D eigenvalue weighted by atomic mass is 16.5. The summed E-state index contributed by atoms with van der Waals surface area (Å²) in [4.78, 5) is 44.3. The normalized spacial score (nSPS) is 18.7. The number of hydrogen-bond acceptors (Lipinski definition) is 5. The zero-order valence-corrected chi connectivity index (χ0v) is 16.5. The maximum Gasteiger partial charge on any atom is 0.339 e. The number of likely N-dealkylation sites (tertiary alicyclic amines) is 2. The van der Waals surface area contributed by atoms with Crippen LogP contribution < -0.4 is 0 Å². The maximum absolute atomic E-state index is 12.7. The summed E-state index contributed by atoms with van der Waals surface area (Å²) in [6.45, 7) is 7.12. The molecule has 7 heteroatoms. The molecule has 1 N–H and O–H groups in total. The standard InChI is InChI=1S/C20H29N3O4/c1-13-17(20(26)27-3)14(2)21-18(13)16(24)12-22-10-6-15(7-11-22)19(25)23-8-4-5-9-23/h15,21H,4-12H2,1-3H3. The Labute approximate surface area is 160 Å². The van der Waals surface area contributed by atoms with Crippen molar-refractivity contribution in [1.82, 2.24) is 14.8 Å². The summed E-state index contributed by atoms with van der Waals surface area (Å²) in [5.41, 5.74) is 2.21. The number of aryl methyl sites for hydroxylation is 1. The summed E-state index contributed by atoms with van der Waals surface area (Å²) in [6.07, 6.45) is 3.83. The van der Waals surface area contributed by atoms with Crippen LogP contribution in [0.4, 0.5) is 0 Å². The van der Waals surface area contributed by atoms with Gasteiger partial charge in [0.2, 0.25) is 5.91 Å². The van der Waals surface area contributed by atoms with E-state index in [1.54, 1.807) is 13.8 Å². The molecule has 7 nitrogen and oxygen atoms in total. The highest BCUT2D eigenvalue weighted by Gasteiger charge is 2.31. The number of carbonyl (C=O) groups excluding carboxylic acids is 3. The van der Waals surface area contributed by atoms with E-state index in [4.69, 9.17) is 4.74 Å². The molecule has 0 radical (unpaired) electrons. The third kappa shape index (κ3) is 4.08. The second-order valence-corrected chi connectivity index (χ2v) is 7.62. The maximum atomic E-state index is 12.7. The van der Waals surface area contributed by atoms with Crippen LogP contribution in [0.2, 0.25) is 0 Å². The summed E-state index contributed by atoms with van der Waals surface area (Å²) in [6, 6.07) is 0. The van der Waals surface area contributed by atoms with Gasteiger partial charge in [-0.15, -0.1) is 0 Å². The van der Waals surface area contributed by atoms with Gasteiger partial charge in [0.25, 0.3) is 0 Å². The number of hydrogen-bond donors (Lipinski definition) is 1. The Bertz CT molecular complexity index is 726. The van der Waals surface area contributed by atoms with Gasteiger partial charge in [-0.3, -0.25) is 14.5 Å². The summed E-state index contributed by atoms with van der Waals surface area (Å²) >= 11 is 0. The zero-order valence-electron chi connectivity index (χ0n) is 16.5. The van der Waals surface area contributed by atoms with Crippen LogP contribution in [0.1, 0.15) is 57.8 Å². The van der Waals surface area contributed by atoms with Gasteiger partial charge in [0.15, 0.2) is 5.78 Å². The fourth-order valence-electron chi connectivity index (χ4n) is 4.25. The molecule has 0 spiro atoms. The number of piperidine rings is 1. The molecule has 1 aromatic heterocycles. The van der Waals surface area contributed by atoms with Crippen LogP contribution >= 0.6 is 0 Å². The highest BCUT2D eigenvalue weighted by molar-refractivity contribution is 6.02. The lowest BCUT2D eigenvalue weighted by Crippen LogP contribution is -2.43. The molecule has 3 rings (SSSR count). The Morgan fingerprint density at radius 2 is 1.70 bits per heavy atom. The molecule has 2 aliphatic rings. The van der Waals surface area contributed by atoms with Crippen LogP contribution in [0.5, 0.6) is 0 Å². The number of nitrogens with one attached hydrogen (secondary N) is 1. The van der Waals surface area contributed by atoms with Gasteiger partial charge in [0, 0.05) is 24.7 Å². The van der Waals surface area contributed by atoms with Gasteiger partial charge in [0.05, 0.1) is 24.9 Å². The van der Waals surface area contributed by atoms with Gasteiger partial charge in [-0.2, -0.15) is 0 Å². The number of aromatic nitrogens is 1. The van der Waals surface area contributed by atoms with Crippen molar-refractivity contribution in [2.24, 2.45) is 5.92 Å². The molecule has 2 saturated heterocycles. The SMILES string of the molecule is COC(=O)c1c(C)[nH]c(C(=O)CN2CCC(C(=O)N3CCCC3)CC2)c1C. The summed E-state index contributed by atoms with van der Waals surface area (Å²) in [5.74, 6) is -0.0801. The largest absolute Gasteiger partial charge is 0.465 e. The highest BCUT2D eigenvalue weighted by Crippen LogP contribution is 2.23. The van der Waals surface area contributed by atoms with E-state index in [0.717, 1.165) is 51.9 Å². The van der Waals surface area contributed by atoms with E-state index >= 15 is 0 Å². The van der Waals surface area contributed by atoms with Gasteiger partial charge in [-0.1, -0.05) is 0 Å². The molecule has 0 aliphatic carbocycles. The Morgan fingerprint density at radius 1 is 1.07 bits per heavy atom. The Morgan fingerprint density at radius 3 is 2.30 bits per heavy atom. The Kier molecular flexibility index (Phi) is 5.99. The monoisotopic (exact) mass is 375 g/mol. The molecule has 148 valence electrons. The van der Waals surface area contributed by atoms with Crippen molar-refractivity contribution in [3.8, 4) is 0 Å². The van der Waals surface area contributed by atoms with Gasteiger partial charge in [0.1, 0.15) is 0 Å². The average molecular weight is 375 g/mol. The van der Waals surface area contributed by atoms with E-state index in [9.17, 15) is 14.4 Å². The number of nitrogens with zero attached hydrogens (tertiary/aromatic N) is 2. The average Bonchev–Trinajstić information content (AvgIpc) is 3.29. The van der Waals surface area contributed by atoms with Crippen LogP contribution in [0.3, 0.4) is 0 Å². The molecular formula is C20H29N3O4. The summed E-state index contributed by atoms with van der Waals surface area (Å²) in [7, 11) is 1.34. The van der Waals surface area contributed by atoms with E-state index in [1.165, 1.54) is 7.11 Å². The Hall–Kier alpha value is -2.15. The first-order valence-electron chi connectivity index (χ1n) is 9.74. The topological polar surface area (TPSA) is 82.7 Å². The number of amides is 1. The lowest BCUT2D eigenvalue weighted by atomic mass is 9.95. The number of methoxy groups -OCH3 is 1. The number of ketones is 1. The van der Waals surface area contributed by atoms with Crippen LogP contribution in [-0.4, -0.2) is 72.3 Å². The molecule has 1 amide bonds. The van der Waals surface area contributed by atoms with Crippen LogP contribution in [0.15, 0.2) is 0 Å². The number of aromatic amines is 1. The first kappa shape index (κ1) is 19.6. The predicted molar refractivity (Wildman–Crippen MR) is 101 cm³/mol. The first-order chi connectivity index (χ1) is 12.9. The van der Waals surface area contributed by atoms with Crippen molar-refractivity contribution in [3.63, 3.8) is 0 Å². The van der Waals surface area contributed by atoms with Crippen molar-refractivity contribution in [2.75, 3.05) is 39.8 Å². The van der Waals surface area contributed by atoms with E-state index in [0.29, 0.717) is 29.1 Å². The molecule has 1 aromatic rings. The fraction of sp³-hybridized carbons (Fsp3) is 0.650. The molecule has 3 heterocycles. The lowest BCUT2D eigenvalue weighted by molar-refractivity contribution is -0.135. The smallest absolute Gasteiger partial charge is 0.339 e. The molecule has 27 heavy (non-hydrogen) atoms. The number of Topliss-reactive ketones (excluding diaryl/α,β-unsaturated/α-hetero) is 1. The predicted octanol–water partition coefficient (Wildman–Crippen LogP) is 1.94. The summed E-state index contributed by atoms with van der Waals surface area (Å²) < 4.78 is 4.80. The lowest BCUT2D eigenvalue weighted by Gasteiger charge is -2.32. The van der Waals surface area contributed by atoms with Crippen molar-refractivity contribution >= 4 is 17.7 Å². The summed E-state index contributed by atoms with van der Waals surface area (Å²) in [5, 5.41) is 0. The minimum atomic E-state index is -0.429. The van der Waals surface area contributed by atoms with E-state index in [1.807, 2.05) is 4.90 Å². The van der Waals surface area contributed by atoms with Gasteiger partial charge >= 0.3 is 5.97 Å². The molecule has 0 bridgehead atoms. The van der Waals surface area contributed by atoms with Crippen molar-refractivity contribution in [1.29, 1.82) is 0 Å². The molecule has 0 atom stereocenters. The number of rotatable bonds is 5. The van der Waals surface area contributed by atoms with Crippen molar-refractivity contribution < 1.29 is 19.1 Å². The van der Waals surface area contributed by atoms with E-state index in [-0.39, 0.29) is 17.6 Å². The quantitative estimate of drug-likeness (QED) is 0.628. The molecular weight excluding hydrogens is 346 g/mol. The van der Waals surface area contributed by atoms with Gasteiger partial charge in [-0.05, 0) is 58.2 Å². The minimum Gasteiger partial charge on any atom is -0.465 e. The fourth-order valence-corrected chi connectivity index (χ4v) is 4.25. The third-order valence-electron chi connectivity index (χ3n) is 5.83. The van der Waals surface area contributed by atoms with Crippen LogP contribution in [0.25, 0.3) is 0 Å². The molecule has 0 aromatic carbocycles. The first-order valence-corrected chi connectivity index (χ1v) is 9.74. The number of H-pyrrole nitrogens is 1. The zero-order chi connectivity index (χ0) is 19.6. The second-order valence-electron chi connectivity index (χ2n) is 7.62. The molecule has 2 aliphatic heterocycles. The molecule has 2 fully saturated rings. The molecule has 0 saturated carbocycles. The van der Waals surface area contributed by atoms with Gasteiger partial charge in [-0.25, -0.2) is 4.79 Å². The van der Waals surface area contributed by atoms with Crippen molar-refractivity contribution in [2.45, 2.75) is 39.5 Å². The second kappa shape index (κ2) is 8.25. The Balaban J connectivity index is 1.57. The van der Waals surface area contributed by atoms with Crippen LogP contribution in [-0.2, 0) is 9.53 Å². The third-order valence-corrected chi connectivity index (χ3v) is 5.83. The number of carbonyl (C=O) groups is 3. The number of ether oxygens (including phenoxy) is 1. The number of esters is 1.